The van der Waals surface area contributed by atoms with Gasteiger partial charge in [-0.3, -0.25) is 0 Å². The lowest BCUT2D eigenvalue weighted by Gasteiger charge is -2.23. The Morgan fingerprint density at radius 2 is 2.06 bits per heavy atom. The quantitative estimate of drug-likeness (QED) is 0.887. The van der Waals surface area contributed by atoms with Crippen LogP contribution in [0.25, 0.3) is 6.08 Å². The molecule has 0 bridgehead atoms. The molecule has 100 valence electrons. The van der Waals surface area contributed by atoms with E-state index >= 15 is 0 Å². The van der Waals surface area contributed by atoms with Gasteiger partial charge < -0.3 is 5.32 Å². The maximum absolute atomic E-state index is 4.42. The van der Waals surface area contributed by atoms with Crippen LogP contribution in [0.3, 0.4) is 0 Å². The largest absolute Gasteiger partial charge is 0.308 e. The lowest BCUT2D eigenvalue weighted by atomic mass is 10.00. The number of rotatable bonds is 4. The number of nitrogens with one attached hydrogen (secondary N) is 1. The zero-order chi connectivity index (χ0) is 13.8. The van der Waals surface area contributed by atoms with E-state index in [1.165, 1.54) is 5.57 Å². The predicted octanol–water partition coefficient (Wildman–Crippen LogP) is 3.21. The van der Waals surface area contributed by atoms with E-state index in [0.717, 1.165) is 18.1 Å². The molecule has 0 unspecified atom stereocenters. The predicted molar refractivity (Wildman–Crippen MR) is 77.3 cm³/mol. The Hall–Kier alpha value is -1.22. The van der Waals surface area contributed by atoms with Crippen LogP contribution >= 0.6 is 0 Å². The molecule has 1 aromatic heterocycles. The molecular weight excluding hydrogens is 222 g/mol. The van der Waals surface area contributed by atoms with Crippen molar-refractivity contribution in [2.24, 2.45) is 5.92 Å². The number of aryl methyl sites for hydroxylation is 1. The number of hydrogen-bond acceptors (Lipinski definition) is 3. The molecule has 0 aliphatic carbocycles. The molecule has 1 heterocycles. The van der Waals surface area contributed by atoms with Crippen LogP contribution in [-0.4, -0.2) is 22.1 Å². The van der Waals surface area contributed by atoms with Crippen LogP contribution < -0.4 is 5.32 Å². The van der Waals surface area contributed by atoms with Crippen molar-refractivity contribution in [3.05, 3.63) is 29.4 Å². The average molecular weight is 247 g/mol. The van der Waals surface area contributed by atoms with Gasteiger partial charge >= 0.3 is 0 Å². The number of nitrogens with zero attached hydrogens (tertiary/aromatic N) is 2. The van der Waals surface area contributed by atoms with E-state index in [2.05, 4.69) is 56.0 Å². The first-order chi connectivity index (χ1) is 8.28. The third-order valence-electron chi connectivity index (χ3n) is 2.70. The molecule has 0 spiro atoms. The molecule has 0 amide bonds. The summed E-state index contributed by atoms with van der Waals surface area (Å²) in [5.74, 6) is 1.32. The van der Waals surface area contributed by atoms with Gasteiger partial charge in [0.05, 0.1) is 5.69 Å². The summed E-state index contributed by atoms with van der Waals surface area (Å²) in [7, 11) is 0. The zero-order valence-electron chi connectivity index (χ0n) is 12.4. The van der Waals surface area contributed by atoms with Crippen molar-refractivity contribution < 1.29 is 0 Å². The smallest absolute Gasteiger partial charge is 0.125 e. The molecule has 0 saturated carbocycles. The van der Waals surface area contributed by atoms with Crippen LogP contribution in [0.1, 0.15) is 46.1 Å². The van der Waals surface area contributed by atoms with Gasteiger partial charge in [0.15, 0.2) is 0 Å². The van der Waals surface area contributed by atoms with Crippen molar-refractivity contribution in [2.45, 2.75) is 47.1 Å². The first-order valence-corrected chi connectivity index (χ1v) is 6.53. The highest BCUT2D eigenvalue weighted by atomic mass is 14.9. The topological polar surface area (TPSA) is 37.8 Å². The van der Waals surface area contributed by atoms with Crippen molar-refractivity contribution >= 4 is 6.08 Å². The summed E-state index contributed by atoms with van der Waals surface area (Å²) in [6.45, 7) is 13.8. The second kappa shape index (κ2) is 6.10. The van der Waals surface area contributed by atoms with Gasteiger partial charge in [-0.2, -0.15) is 0 Å². The van der Waals surface area contributed by atoms with E-state index in [9.17, 15) is 0 Å². The molecular formula is C15H25N3. The van der Waals surface area contributed by atoms with Crippen LogP contribution in [0.2, 0.25) is 0 Å². The first-order valence-electron chi connectivity index (χ1n) is 6.53. The van der Waals surface area contributed by atoms with E-state index in [0.29, 0.717) is 5.92 Å². The fourth-order valence-corrected chi connectivity index (χ4v) is 1.53. The van der Waals surface area contributed by atoms with E-state index in [4.69, 9.17) is 0 Å². The van der Waals surface area contributed by atoms with E-state index in [-0.39, 0.29) is 5.54 Å². The summed E-state index contributed by atoms with van der Waals surface area (Å²) < 4.78 is 0. The Kier molecular flexibility index (Phi) is 5.03. The summed E-state index contributed by atoms with van der Waals surface area (Å²) >= 11 is 0. The van der Waals surface area contributed by atoms with Gasteiger partial charge in [0.25, 0.3) is 0 Å². The van der Waals surface area contributed by atoms with Crippen molar-refractivity contribution in [3.8, 4) is 0 Å². The van der Waals surface area contributed by atoms with Gasteiger partial charge in [0.2, 0.25) is 0 Å². The SMILES string of the molecule is Cc1nccc(/C=C(\CNC(C)(C)C)C(C)C)n1. The molecule has 0 fully saturated rings. The molecule has 1 aromatic rings. The van der Waals surface area contributed by atoms with E-state index in [1.807, 2.05) is 19.2 Å². The van der Waals surface area contributed by atoms with Crippen LogP contribution in [0.5, 0.6) is 0 Å². The van der Waals surface area contributed by atoms with Gasteiger partial charge in [-0.1, -0.05) is 19.4 Å². The van der Waals surface area contributed by atoms with Crippen LogP contribution in [0.15, 0.2) is 17.8 Å². The maximum Gasteiger partial charge on any atom is 0.125 e. The molecule has 3 nitrogen and oxygen atoms in total. The molecule has 1 rings (SSSR count). The molecule has 0 atom stereocenters. The van der Waals surface area contributed by atoms with Gasteiger partial charge in [0.1, 0.15) is 5.82 Å². The number of aromatic nitrogens is 2. The monoisotopic (exact) mass is 247 g/mol. The Balaban J connectivity index is 2.85. The molecule has 0 aromatic carbocycles. The third-order valence-corrected chi connectivity index (χ3v) is 2.70. The molecule has 0 aliphatic heterocycles. The minimum absolute atomic E-state index is 0.134. The maximum atomic E-state index is 4.42. The van der Waals surface area contributed by atoms with Crippen molar-refractivity contribution in [2.75, 3.05) is 6.54 Å². The summed E-state index contributed by atoms with van der Waals surface area (Å²) in [6.07, 6.45) is 3.97. The fraction of sp³-hybridized carbons (Fsp3) is 0.600. The Morgan fingerprint density at radius 1 is 1.39 bits per heavy atom. The zero-order valence-corrected chi connectivity index (χ0v) is 12.4. The summed E-state index contributed by atoms with van der Waals surface area (Å²) in [5.41, 5.74) is 2.49. The molecule has 3 heteroatoms. The van der Waals surface area contributed by atoms with E-state index < -0.39 is 0 Å². The average Bonchev–Trinajstić information content (AvgIpc) is 2.22. The van der Waals surface area contributed by atoms with E-state index in [1.54, 1.807) is 0 Å². The Labute approximate surface area is 111 Å². The molecule has 1 N–H and O–H groups in total. The molecule has 0 aliphatic rings. The minimum Gasteiger partial charge on any atom is -0.308 e. The lowest BCUT2D eigenvalue weighted by Crippen LogP contribution is -2.37. The van der Waals surface area contributed by atoms with Crippen LogP contribution in [0, 0.1) is 12.8 Å². The first kappa shape index (κ1) is 14.8. The van der Waals surface area contributed by atoms with Crippen molar-refractivity contribution in [3.63, 3.8) is 0 Å². The Bertz CT molecular complexity index is 414. The van der Waals surface area contributed by atoms with Gasteiger partial charge in [0, 0.05) is 18.3 Å². The highest BCUT2D eigenvalue weighted by Gasteiger charge is 2.11. The number of hydrogen-bond donors (Lipinski definition) is 1. The molecule has 18 heavy (non-hydrogen) atoms. The summed E-state index contributed by atoms with van der Waals surface area (Å²) in [6, 6.07) is 1.95. The van der Waals surface area contributed by atoms with Crippen LogP contribution in [0.4, 0.5) is 0 Å². The standard InChI is InChI=1S/C15H25N3/c1-11(2)13(10-17-15(4,5)6)9-14-7-8-16-12(3)18-14/h7-9,11,17H,10H2,1-6H3/b13-9+. The summed E-state index contributed by atoms with van der Waals surface area (Å²) in [5, 5.41) is 3.53. The second-order valence-corrected chi connectivity index (χ2v) is 6.01. The van der Waals surface area contributed by atoms with Gasteiger partial charge in [-0.25, -0.2) is 9.97 Å². The highest BCUT2D eigenvalue weighted by molar-refractivity contribution is 5.49. The normalized spacial score (nSPS) is 13.2. The van der Waals surface area contributed by atoms with Gasteiger partial charge in [-0.15, -0.1) is 0 Å². The highest BCUT2D eigenvalue weighted by Crippen LogP contribution is 2.14. The van der Waals surface area contributed by atoms with Crippen molar-refractivity contribution in [1.82, 2.24) is 15.3 Å². The third kappa shape index (κ3) is 5.41. The molecule has 0 saturated heterocycles. The minimum atomic E-state index is 0.134. The van der Waals surface area contributed by atoms with Crippen LogP contribution in [-0.2, 0) is 0 Å². The Morgan fingerprint density at radius 3 is 2.56 bits per heavy atom. The summed E-state index contributed by atoms with van der Waals surface area (Å²) in [4.78, 5) is 8.55. The molecule has 0 radical (unpaired) electrons. The fourth-order valence-electron chi connectivity index (χ4n) is 1.53. The van der Waals surface area contributed by atoms with Gasteiger partial charge in [-0.05, 0) is 45.8 Å². The van der Waals surface area contributed by atoms with Crippen molar-refractivity contribution in [1.29, 1.82) is 0 Å². The second-order valence-electron chi connectivity index (χ2n) is 6.01. The lowest BCUT2D eigenvalue weighted by molar-refractivity contribution is 0.437.